The molecule has 3 aromatic rings. The van der Waals surface area contributed by atoms with Crippen molar-refractivity contribution in [2.45, 2.75) is 11.4 Å². The Hall–Kier alpha value is -3.69. The van der Waals surface area contributed by atoms with Crippen LogP contribution in [-0.4, -0.2) is 38.7 Å². The van der Waals surface area contributed by atoms with Gasteiger partial charge in [0.25, 0.3) is 11.8 Å². The van der Waals surface area contributed by atoms with Gasteiger partial charge in [0, 0.05) is 24.7 Å². The molecule has 0 unspecified atom stereocenters. The number of methoxy groups -OCH3 is 1. The first-order valence-corrected chi connectivity index (χ1v) is 11.1. The first-order chi connectivity index (χ1) is 15.3. The van der Waals surface area contributed by atoms with E-state index in [4.69, 9.17) is 4.74 Å². The van der Waals surface area contributed by atoms with Gasteiger partial charge in [0.15, 0.2) is 0 Å². The molecule has 0 saturated carbocycles. The Balaban J connectivity index is 1.79. The largest absolute Gasteiger partial charge is 0.495 e. The van der Waals surface area contributed by atoms with Crippen LogP contribution in [0.1, 0.15) is 26.3 Å². The molecule has 9 heteroatoms. The summed E-state index contributed by atoms with van der Waals surface area (Å²) < 4.78 is 32.8. The number of nitrogens with one attached hydrogen (secondary N) is 2. The van der Waals surface area contributed by atoms with Gasteiger partial charge in [-0.3, -0.25) is 20.4 Å². The third-order valence-corrected chi connectivity index (χ3v) is 6.51. The van der Waals surface area contributed by atoms with Crippen molar-refractivity contribution in [3.05, 3.63) is 95.6 Å². The zero-order valence-electron chi connectivity index (χ0n) is 17.6. The highest BCUT2D eigenvalue weighted by molar-refractivity contribution is 7.89. The van der Waals surface area contributed by atoms with E-state index in [9.17, 15) is 18.0 Å². The van der Waals surface area contributed by atoms with Gasteiger partial charge in [0.05, 0.1) is 7.11 Å². The molecule has 0 aliphatic heterocycles. The van der Waals surface area contributed by atoms with Gasteiger partial charge < -0.3 is 4.74 Å². The Morgan fingerprint density at radius 1 is 0.844 bits per heavy atom. The molecule has 0 saturated heterocycles. The molecule has 0 fully saturated rings. The monoisotopic (exact) mass is 453 g/mol. The molecule has 2 N–H and O–H groups in total. The van der Waals surface area contributed by atoms with Crippen molar-refractivity contribution >= 4 is 21.8 Å². The molecule has 0 aromatic heterocycles. The van der Waals surface area contributed by atoms with E-state index in [1.54, 1.807) is 30.3 Å². The summed E-state index contributed by atoms with van der Waals surface area (Å²) >= 11 is 0. The summed E-state index contributed by atoms with van der Waals surface area (Å²) in [6, 6.07) is 21.5. The highest BCUT2D eigenvalue weighted by Crippen LogP contribution is 2.28. The molecule has 3 rings (SSSR count). The van der Waals surface area contributed by atoms with Crippen LogP contribution in [0.4, 0.5) is 0 Å². The predicted molar refractivity (Wildman–Crippen MR) is 119 cm³/mol. The molecule has 3 aromatic carbocycles. The number of amides is 2. The van der Waals surface area contributed by atoms with E-state index in [2.05, 4.69) is 10.9 Å². The Morgan fingerprint density at radius 3 is 2.00 bits per heavy atom. The van der Waals surface area contributed by atoms with Crippen LogP contribution < -0.4 is 15.6 Å². The molecule has 2 amide bonds. The summed E-state index contributed by atoms with van der Waals surface area (Å²) in [5.74, 6) is -1.06. The molecule has 8 nitrogen and oxygen atoms in total. The fraction of sp³-hybridized carbons (Fsp3) is 0.130. The molecule has 0 spiro atoms. The highest BCUT2D eigenvalue weighted by atomic mass is 32.2. The number of ether oxygens (including phenoxy) is 1. The second-order valence-corrected chi connectivity index (χ2v) is 8.90. The van der Waals surface area contributed by atoms with Gasteiger partial charge in [-0.25, -0.2) is 8.42 Å². The van der Waals surface area contributed by atoms with Crippen LogP contribution in [0.5, 0.6) is 5.75 Å². The fourth-order valence-electron chi connectivity index (χ4n) is 2.96. The smallest absolute Gasteiger partial charge is 0.269 e. The SMILES string of the molecule is COc1ccc(C(=O)NNC(=O)c2ccccc2)cc1S(=O)(=O)N(C)Cc1ccccc1. The van der Waals surface area contributed by atoms with Crippen molar-refractivity contribution in [3.8, 4) is 5.75 Å². The number of hydrazine groups is 1. The van der Waals surface area contributed by atoms with E-state index in [1.807, 2.05) is 30.3 Å². The zero-order chi connectivity index (χ0) is 23.1. The Kier molecular flexibility index (Phi) is 7.24. The van der Waals surface area contributed by atoms with Crippen LogP contribution >= 0.6 is 0 Å². The molecule has 0 atom stereocenters. The summed E-state index contributed by atoms with van der Waals surface area (Å²) in [5.41, 5.74) is 5.84. The zero-order valence-corrected chi connectivity index (χ0v) is 18.4. The van der Waals surface area contributed by atoms with E-state index in [0.717, 1.165) is 5.56 Å². The number of benzene rings is 3. The topological polar surface area (TPSA) is 105 Å². The van der Waals surface area contributed by atoms with Gasteiger partial charge in [-0.1, -0.05) is 48.5 Å². The molecule has 0 radical (unpaired) electrons. The van der Waals surface area contributed by atoms with Crippen molar-refractivity contribution in [2.24, 2.45) is 0 Å². The van der Waals surface area contributed by atoms with Crippen molar-refractivity contribution in [2.75, 3.05) is 14.2 Å². The number of hydrogen-bond acceptors (Lipinski definition) is 5. The van der Waals surface area contributed by atoms with E-state index in [-0.39, 0.29) is 22.8 Å². The lowest BCUT2D eigenvalue weighted by atomic mass is 10.2. The summed E-state index contributed by atoms with van der Waals surface area (Å²) in [7, 11) is -1.16. The van der Waals surface area contributed by atoms with Crippen molar-refractivity contribution in [3.63, 3.8) is 0 Å². The van der Waals surface area contributed by atoms with Crippen molar-refractivity contribution < 1.29 is 22.7 Å². The molecule has 32 heavy (non-hydrogen) atoms. The molecular formula is C23H23N3O5S. The van der Waals surface area contributed by atoms with Gasteiger partial charge in [-0.05, 0) is 35.9 Å². The third kappa shape index (κ3) is 5.32. The average Bonchev–Trinajstić information content (AvgIpc) is 2.83. The number of sulfonamides is 1. The number of hydrogen-bond donors (Lipinski definition) is 2. The van der Waals surface area contributed by atoms with Crippen molar-refractivity contribution in [1.82, 2.24) is 15.2 Å². The van der Waals surface area contributed by atoms with E-state index in [1.165, 1.54) is 36.7 Å². The van der Waals surface area contributed by atoms with Crippen LogP contribution in [0.3, 0.4) is 0 Å². The minimum atomic E-state index is -3.97. The lowest BCUT2D eigenvalue weighted by molar-refractivity contribution is 0.0846. The minimum Gasteiger partial charge on any atom is -0.495 e. The second-order valence-electron chi connectivity index (χ2n) is 6.89. The quantitative estimate of drug-likeness (QED) is 0.535. The number of rotatable bonds is 7. The Bertz CT molecular complexity index is 1200. The summed E-state index contributed by atoms with van der Waals surface area (Å²) in [5, 5.41) is 0. The van der Waals surface area contributed by atoms with Crippen LogP contribution in [0.15, 0.2) is 83.8 Å². The van der Waals surface area contributed by atoms with E-state index >= 15 is 0 Å². The van der Waals surface area contributed by atoms with Gasteiger partial charge >= 0.3 is 0 Å². The third-order valence-electron chi connectivity index (χ3n) is 4.69. The van der Waals surface area contributed by atoms with Gasteiger partial charge in [0.1, 0.15) is 10.6 Å². The van der Waals surface area contributed by atoms with Crippen LogP contribution in [-0.2, 0) is 16.6 Å². The molecule has 0 aliphatic rings. The first-order valence-electron chi connectivity index (χ1n) is 9.67. The molecule has 0 bridgehead atoms. The maximum Gasteiger partial charge on any atom is 0.269 e. The van der Waals surface area contributed by atoms with Crippen LogP contribution in [0, 0.1) is 0 Å². The lowest BCUT2D eigenvalue weighted by Gasteiger charge is -2.19. The molecule has 0 heterocycles. The summed E-state index contributed by atoms with van der Waals surface area (Å²) in [6.07, 6.45) is 0. The number of nitrogens with zero attached hydrogens (tertiary/aromatic N) is 1. The normalized spacial score (nSPS) is 11.1. The molecular weight excluding hydrogens is 430 g/mol. The average molecular weight is 454 g/mol. The fourth-order valence-corrected chi connectivity index (χ4v) is 4.30. The maximum absolute atomic E-state index is 13.2. The summed E-state index contributed by atoms with van der Waals surface area (Å²) in [6.45, 7) is 0.149. The summed E-state index contributed by atoms with van der Waals surface area (Å²) in [4.78, 5) is 24.5. The Labute approximate surface area is 186 Å². The second kappa shape index (κ2) is 10.1. The standard InChI is InChI=1S/C23H23N3O5S/c1-26(16-17-9-5-3-6-10-17)32(29,30)21-15-19(13-14-20(21)31-2)23(28)25-24-22(27)18-11-7-4-8-12-18/h3-15H,16H2,1-2H3,(H,24,27)(H,25,28). The molecule has 0 aliphatic carbocycles. The van der Waals surface area contributed by atoms with Gasteiger partial charge in [-0.15, -0.1) is 0 Å². The number of carbonyl (C=O) groups is 2. The van der Waals surface area contributed by atoms with Crippen LogP contribution in [0.2, 0.25) is 0 Å². The highest BCUT2D eigenvalue weighted by Gasteiger charge is 2.26. The minimum absolute atomic E-state index is 0.0471. The maximum atomic E-state index is 13.2. The van der Waals surface area contributed by atoms with Crippen molar-refractivity contribution in [1.29, 1.82) is 0 Å². The molecule has 166 valence electrons. The number of carbonyl (C=O) groups excluding carboxylic acids is 2. The Morgan fingerprint density at radius 2 is 1.41 bits per heavy atom. The van der Waals surface area contributed by atoms with E-state index < -0.39 is 21.8 Å². The van der Waals surface area contributed by atoms with E-state index in [0.29, 0.717) is 5.56 Å². The van der Waals surface area contributed by atoms with Gasteiger partial charge in [-0.2, -0.15) is 4.31 Å². The first kappa shape index (κ1) is 23.0. The van der Waals surface area contributed by atoms with Crippen LogP contribution in [0.25, 0.3) is 0 Å². The lowest BCUT2D eigenvalue weighted by Crippen LogP contribution is -2.41. The van der Waals surface area contributed by atoms with Gasteiger partial charge in [0.2, 0.25) is 10.0 Å². The predicted octanol–water partition coefficient (Wildman–Crippen LogP) is 2.59.